The molecular weight excluding hydrogens is 403 g/mol. The molecule has 0 fully saturated rings. The van der Waals surface area contributed by atoms with Gasteiger partial charge in [-0.2, -0.15) is 10.2 Å². The molecule has 0 bridgehead atoms. The normalized spacial score (nSPS) is 11.0. The maximum Gasteiger partial charge on any atom is 0.153 e. The second kappa shape index (κ2) is 8.95. The van der Waals surface area contributed by atoms with Gasteiger partial charge < -0.3 is 5.32 Å². The van der Waals surface area contributed by atoms with Crippen LogP contribution in [0.5, 0.6) is 0 Å². The zero-order valence-electron chi connectivity index (χ0n) is 17.3. The first kappa shape index (κ1) is 19.8. The SMILES string of the molecule is Fc1ccc(-c2nn(-c3ccccc3)cc2CNCc2ccc(-n3cccn3)nc2)cc1. The molecule has 0 aliphatic rings. The highest BCUT2D eigenvalue weighted by molar-refractivity contribution is 5.63. The smallest absolute Gasteiger partial charge is 0.153 e. The summed E-state index contributed by atoms with van der Waals surface area (Å²) in [5.41, 5.74) is 4.78. The van der Waals surface area contributed by atoms with Gasteiger partial charge in [-0.25, -0.2) is 18.7 Å². The highest BCUT2D eigenvalue weighted by atomic mass is 19.1. The zero-order valence-corrected chi connectivity index (χ0v) is 17.3. The standard InChI is InChI=1S/C25H21FN6/c26-22-10-8-20(9-11-22)25-21(18-32(30-25)23-5-2-1-3-6-23)17-27-15-19-7-12-24(28-16-19)31-14-4-13-29-31/h1-14,16,18,27H,15,17H2. The van der Waals surface area contributed by atoms with Crippen molar-refractivity contribution in [2.24, 2.45) is 0 Å². The van der Waals surface area contributed by atoms with Crippen LogP contribution in [0.4, 0.5) is 4.39 Å². The lowest BCUT2D eigenvalue weighted by molar-refractivity contribution is 0.628. The van der Waals surface area contributed by atoms with Gasteiger partial charge in [0, 0.05) is 49.0 Å². The summed E-state index contributed by atoms with van der Waals surface area (Å²) in [6.07, 6.45) is 7.45. The summed E-state index contributed by atoms with van der Waals surface area (Å²) in [6, 6.07) is 22.2. The summed E-state index contributed by atoms with van der Waals surface area (Å²) >= 11 is 0. The fraction of sp³-hybridized carbons (Fsp3) is 0.0800. The van der Waals surface area contributed by atoms with Crippen molar-refractivity contribution in [3.63, 3.8) is 0 Å². The number of para-hydroxylation sites is 1. The van der Waals surface area contributed by atoms with Crippen molar-refractivity contribution >= 4 is 0 Å². The average Bonchev–Trinajstić information content (AvgIpc) is 3.52. The Morgan fingerprint density at radius 2 is 1.69 bits per heavy atom. The summed E-state index contributed by atoms with van der Waals surface area (Å²) in [6.45, 7) is 1.27. The minimum Gasteiger partial charge on any atom is -0.308 e. The van der Waals surface area contributed by atoms with E-state index in [1.807, 2.05) is 71.8 Å². The molecule has 0 aliphatic carbocycles. The van der Waals surface area contributed by atoms with E-state index in [1.165, 1.54) is 12.1 Å². The molecule has 0 amide bonds. The van der Waals surface area contributed by atoms with E-state index < -0.39 is 0 Å². The van der Waals surface area contributed by atoms with Gasteiger partial charge in [-0.3, -0.25) is 0 Å². The van der Waals surface area contributed by atoms with Crippen LogP contribution in [-0.2, 0) is 13.1 Å². The Bertz CT molecular complexity index is 1280. The topological polar surface area (TPSA) is 60.6 Å². The third-order valence-corrected chi connectivity index (χ3v) is 5.12. The third-order valence-electron chi connectivity index (χ3n) is 5.12. The van der Waals surface area contributed by atoms with Crippen LogP contribution in [0.25, 0.3) is 22.8 Å². The molecule has 0 aliphatic heterocycles. The van der Waals surface area contributed by atoms with Gasteiger partial charge in [0.25, 0.3) is 0 Å². The third kappa shape index (κ3) is 4.33. The molecule has 0 saturated heterocycles. The van der Waals surface area contributed by atoms with Crippen LogP contribution in [0.1, 0.15) is 11.1 Å². The van der Waals surface area contributed by atoms with Crippen LogP contribution in [0.3, 0.4) is 0 Å². The first-order chi connectivity index (χ1) is 15.8. The van der Waals surface area contributed by atoms with Gasteiger partial charge in [0.2, 0.25) is 0 Å². The molecule has 0 spiro atoms. The first-order valence-corrected chi connectivity index (χ1v) is 10.3. The maximum absolute atomic E-state index is 13.4. The maximum atomic E-state index is 13.4. The van der Waals surface area contributed by atoms with Crippen LogP contribution in [0.2, 0.25) is 0 Å². The Morgan fingerprint density at radius 1 is 0.844 bits per heavy atom. The van der Waals surface area contributed by atoms with Crippen LogP contribution in [0.15, 0.2) is 97.6 Å². The molecule has 0 saturated carbocycles. The van der Waals surface area contributed by atoms with Crippen molar-refractivity contribution in [1.29, 1.82) is 0 Å². The highest BCUT2D eigenvalue weighted by Gasteiger charge is 2.12. The van der Waals surface area contributed by atoms with Gasteiger partial charge in [0.15, 0.2) is 5.82 Å². The van der Waals surface area contributed by atoms with Crippen molar-refractivity contribution < 1.29 is 4.39 Å². The number of pyridine rings is 1. The van der Waals surface area contributed by atoms with Crippen molar-refractivity contribution in [2.45, 2.75) is 13.1 Å². The molecule has 0 radical (unpaired) electrons. The number of nitrogens with one attached hydrogen (secondary N) is 1. The fourth-order valence-corrected chi connectivity index (χ4v) is 3.51. The van der Waals surface area contributed by atoms with E-state index in [9.17, 15) is 4.39 Å². The number of aromatic nitrogens is 5. The first-order valence-electron chi connectivity index (χ1n) is 10.3. The van der Waals surface area contributed by atoms with Crippen molar-refractivity contribution in [3.8, 4) is 22.8 Å². The van der Waals surface area contributed by atoms with Crippen LogP contribution < -0.4 is 5.32 Å². The lowest BCUT2D eigenvalue weighted by atomic mass is 10.1. The average molecular weight is 424 g/mol. The summed E-state index contributed by atoms with van der Waals surface area (Å²) in [4.78, 5) is 4.47. The Morgan fingerprint density at radius 3 is 2.41 bits per heavy atom. The van der Waals surface area contributed by atoms with Crippen LogP contribution in [0, 0.1) is 5.82 Å². The van der Waals surface area contributed by atoms with Gasteiger partial charge >= 0.3 is 0 Å². The van der Waals surface area contributed by atoms with E-state index in [2.05, 4.69) is 15.4 Å². The summed E-state index contributed by atoms with van der Waals surface area (Å²) in [5, 5.41) is 12.4. The molecule has 5 aromatic rings. The van der Waals surface area contributed by atoms with Gasteiger partial charge in [0.05, 0.1) is 11.4 Å². The largest absolute Gasteiger partial charge is 0.308 e. The van der Waals surface area contributed by atoms with Crippen molar-refractivity contribution in [3.05, 3.63) is 115 Å². The fourth-order valence-electron chi connectivity index (χ4n) is 3.51. The Labute approximate surface area is 185 Å². The predicted octanol–water partition coefficient (Wildman–Crippen LogP) is 4.55. The summed E-state index contributed by atoms with van der Waals surface area (Å²) in [5.74, 6) is 0.517. The summed E-state index contributed by atoms with van der Waals surface area (Å²) in [7, 11) is 0. The van der Waals surface area contributed by atoms with E-state index in [0.29, 0.717) is 13.1 Å². The van der Waals surface area contributed by atoms with Gasteiger partial charge in [0.1, 0.15) is 5.82 Å². The molecule has 0 unspecified atom stereocenters. The number of hydrogen-bond acceptors (Lipinski definition) is 4. The Kier molecular flexibility index (Phi) is 5.55. The van der Waals surface area contributed by atoms with Crippen molar-refractivity contribution in [1.82, 2.24) is 29.9 Å². The molecule has 7 heteroatoms. The van der Waals surface area contributed by atoms with E-state index in [-0.39, 0.29) is 5.82 Å². The lowest BCUT2D eigenvalue weighted by Gasteiger charge is -2.06. The molecule has 5 rings (SSSR count). The predicted molar refractivity (Wildman–Crippen MR) is 121 cm³/mol. The molecule has 158 valence electrons. The molecule has 6 nitrogen and oxygen atoms in total. The molecule has 1 N–H and O–H groups in total. The van der Waals surface area contributed by atoms with Crippen LogP contribution in [-0.4, -0.2) is 24.5 Å². The molecule has 2 aromatic carbocycles. The number of benzene rings is 2. The zero-order chi connectivity index (χ0) is 21.8. The molecule has 0 atom stereocenters. The highest BCUT2D eigenvalue weighted by Crippen LogP contribution is 2.24. The molecule has 3 heterocycles. The van der Waals surface area contributed by atoms with Gasteiger partial charge in [-0.15, -0.1) is 0 Å². The Balaban J connectivity index is 1.34. The van der Waals surface area contributed by atoms with E-state index >= 15 is 0 Å². The van der Waals surface area contributed by atoms with Gasteiger partial charge in [-0.1, -0.05) is 24.3 Å². The minimum atomic E-state index is -0.262. The molecular formula is C25H21FN6. The minimum absolute atomic E-state index is 0.262. The number of hydrogen-bond donors (Lipinski definition) is 1. The number of rotatable bonds is 7. The number of nitrogens with zero attached hydrogens (tertiary/aromatic N) is 5. The molecule has 32 heavy (non-hydrogen) atoms. The second-order valence-corrected chi connectivity index (χ2v) is 7.37. The van der Waals surface area contributed by atoms with E-state index in [4.69, 9.17) is 5.10 Å². The molecule has 3 aromatic heterocycles. The summed E-state index contributed by atoms with van der Waals surface area (Å²) < 4.78 is 17.0. The van der Waals surface area contributed by atoms with Crippen LogP contribution >= 0.6 is 0 Å². The Hall–Kier alpha value is -4.10. The van der Waals surface area contributed by atoms with E-state index in [0.717, 1.165) is 33.9 Å². The lowest BCUT2D eigenvalue weighted by Crippen LogP contribution is -2.13. The number of halogens is 1. The van der Waals surface area contributed by atoms with E-state index in [1.54, 1.807) is 23.0 Å². The van der Waals surface area contributed by atoms with Gasteiger partial charge in [-0.05, 0) is 54.1 Å². The van der Waals surface area contributed by atoms with Crippen molar-refractivity contribution in [2.75, 3.05) is 0 Å². The quantitative estimate of drug-likeness (QED) is 0.416. The monoisotopic (exact) mass is 424 g/mol. The second-order valence-electron chi connectivity index (χ2n) is 7.37.